The molecule has 1 heterocycles. The summed E-state index contributed by atoms with van der Waals surface area (Å²) in [6.45, 7) is 9.40. The van der Waals surface area contributed by atoms with Crippen molar-refractivity contribution in [1.82, 2.24) is 4.90 Å². The summed E-state index contributed by atoms with van der Waals surface area (Å²) >= 11 is 0. The number of para-hydroxylation sites is 1. The molecule has 154 valence electrons. The number of hydrogen-bond donors (Lipinski definition) is 0. The van der Waals surface area contributed by atoms with Crippen LogP contribution >= 0.6 is 0 Å². The molecule has 2 aromatic carbocycles. The van der Waals surface area contributed by atoms with Gasteiger partial charge in [-0.2, -0.15) is 0 Å². The lowest BCUT2D eigenvalue weighted by Crippen LogP contribution is -2.50. The largest absolute Gasteiger partial charge is 0.465 e. The number of ether oxygens (including phenoxy) is 1. The first-order valence-corrected chi connectivity index (χ1v) is 10.4. The van der Waals surface area contributed by atoms with Crippen molar-refractivity contribution in [2.75, 3.05) is 37.7 Å². The van der Waals surface area contributed by atoms with Crippen LogP contribution in [-0.2, 0) is 26.2 Å². The predicted molar refractivity (Wildman–Crippen MR) is 115 cm³/mol. The zero-order valence-corrected chi connectivity index (χ0v) is 17.6. The molecule has 0 bridgehead atoms. The van der Waals surface area contributed by atoms with Crippen LogP contribution in [0.3, 0.4) is 0 Å². The van der Waals surface area contributed by atoms with E-state index in [4.69, 9.17) is 4.74 Å². The van der Waals surface area contributed by atoms with Crippen molar-refractivity contribution in [1.29, 1.82) is 0 Å². The number of nitrogens with zero attached hydrogens (tertiary/aromatic N) is 2. The summed E-state index contributed by atoms with van der Waals surface area (Å²) in [5, 5.41) is 0. The normalized spacial score (nSPS) is 18.2. The molecular weight excluding hydrogens is 364 g/mol. The van der Waals surface area contributed by atoms with E-state index in [1.165, 1.54) is 0 Å². The quantitative estimate of drug-likeness (QED) is 0.483. The van der Waals surface area contributed by atoms with Gasteiger partial charge in [0.15, 0.2) is 5.41 Å². The van der Waals surface area contributed by atoms with Crippen LogP contribution in [-0.4, -0.2) is 49.6 Å². The van der Waals surface area contributed by atoms with Gasteiger partial charge in [-0.25, -0.2) is 0 Å². The van der Waals surface area contributed by atoms with Crippen LogP contribution in [0.4, 0.5) is 5.69 Å². The number of benzene rings is 2. The van der Waals surface area contributed by atoms with Gasteiger partial charge in [0.1, 0.15) is 0 Å². The van der Waals surface area contributed by atoms with E-state index in [2.05, 4.69) is 18.7 Å². The first-order valence-electron chi connectivity index (χ1n) is 10.4. The minimum atomic E-state index is -1.34. The number of hydrogen-bond acceptors (Lipinski definition) is 4. The Kier molecular flexibility index (Phi) is 6.70. The highest BCUT2D eigenvalue weighted by Gasteiger charge is 2.57. The van der Waals surface area contributed by atoms with Gasteiger partial charge in [-0.15, -0.1) is 0 Å². The Morgan fingerprint density at radius 2 is 1.66 bits per heavy atom. The Morgan fingerprint density at radius 1 is 1.00 bits per heavy atom. The van der Waals surface area contributed by atoms with E-state index in [-0.39, 0.29) is 12.5 Å². The monoisotopic (exact) mass is 394 g/mol. The van der Waals surface area contributed by atoms with Crippen LogP contribution in [0.1, 0.15) is 31.9 Å². The second-order valence-corrected chi connectivity index (χ2v) is 7.29. The van der Waals surface area contributed by atoms with Crippen molar-refractivity contribution in [2.24, 2.45) is 0 Å². The third-order valence-corrected chi connectivity index (χ3v) is 5.74. The Balaban J connectivity index is 2.05. The van der Waals surface area contributed by atoms with Crippen LogP contribution in [0, 0.1) is 0 Å². The molecule has 2 aromatic rings. The third kappa shape index (κ3) is 3.92. The molecule has 0 unspecified atom stereocenters. The number of rotatable bonds is 9. The van der Waals surface area contributed by atoms with E-state index in [9.17, 15) is 9.59 Å². The van der Waals surface area contributed by atoms with Crippen molar-refractivity contribution in [3.05, 3.63) is 65.7 Å². The number of carbonyl (C=O) groups excluding carboxylic acids is 2. The smallest absolute Gasteiger partial charge is 0.326 e. The molecule has 0 fully saturated rings. The van der Waals surface area contributed by atoms with Gasteiger partial charge in [-0.05, 0) is 31.6 Å². The lowest BCUT2D eigenvalue weighted by atomic mass is 9.76. The topological polar surface area (TPSA) is 49.9 Å². The van der Waals surface area contributed by atoms with Crippen molar-refractivity contribution >= 4 is 17.6 Å². The fourth-order valence-electron chi connectivity index (χ4n) is 4.12. The summed E-state index contributed by atoms with van der Waals surface area (Å²) in [5.41, 5.74) is 1.16. The lowest BCUT2D eigenvalue weighted by Gasteiger charge is -2.28. The van der Waals surface area contributed by atoms with Crippen LogP contribution < -0.4 is 4.90 Å². The molecular formula is C24H30N2O3. The second-order valence-electron chi connectivity index (χ2n) is 7.29. The highest BCUT2D eigenvalue weighted by molar-refractivity contribution is 6.20. The number of amides is 1. The maximum absolute atomic E-state index is 13.8. The molecule has 1 aliphatic heterocycles. The van der Waals surface area contributed by atoms with E-state index in [0.29, 0.717) is 13.0 Å². The van der Waals surface area contributed by atoms with Gasteiger partial charge >= 0.3 is 5.97 Å². The molecule has 5 nitrogen and oxygen atoms in total. The SMILES string of the molecule is CCOC(=O)[C@@]1(Cc2ccccc2)C(=O)N(CCN(CC)CC)c2ccccc21. The molecule has 0 saturated heterocycles. The molecule has 5 heteroatoms. The molecule has 29 heavy (non-hydrogen) atoms. The summed E-state index contributed by atoms with van der Waals surface area (Å²) < 4.78 is 5.45. The van der Waals surface area contributed by atoms with E-state index in [1.807, 2.05) is 54.6 Å². The van der Waals surface area contributed by atoms with E-state index in [1.54, 1.807) is 11.8 Å². The van der Waals surface area contributed by atoms with Crippen LogP contribution in [0.15, 0.2) is 54.6 Å². The van der Waals surface area contributed by atoms with Crippen molar-refractivity contribution in [3.8, 4) is 0 Å². The fourth-order valence-corrected chi connectivity index (χ4v) is 4.12. The molecule has 0 saturated carbocycles. The highest BCUT2D eigenvalue weighted by atomic mass is 16.5. The van der Waals surface area contributed by atoms with Crippen molar-refractivity contribution in [3.63, 3.8) is 0 Å². The second kappa shape index (κ2) is 9.23. The van der Waals surface area contributed by atoms with Crippen LogP contribution in [0.2, 0.25) is 0 Å². The zero-order valence-electron chi connectivity index (χ0n) is 17.6. The number of esters is 1. The Morgan fingerprint density at radius 3 is 2.31 bits per heavy atom. The van der Waals surface area contributed by atoms with Gasteiger partial charge in [0.25, 0.3) is 0 Å². The average molecular weight is 395 g/mol. The van der Waals surface area contributed by atoms with E-state index in [0.717, 1.165) is 36.4 Å². The fraction of sp³-hybridized carbons (Fsp3) is 0.417. The van der Waals surface area contributed by atoms with Gasteiger partial charge in [0.2, 0.25) is 5.91 Å². The first-order chi connectivity index (χ1) is 14.1. The number of anilines is 1. The molecule has 0 spiro atoms. The molecule has 0 aliphatic carbocycles. The number of likely N-dealkylation sites (N-methyl/N-ethyl adjacent to an activating group) is 1. The van der Waals surface area contributed by atoms with Gasteiger partial charge in [0, 0.05) is 30.8 Å². The van der Waals surface area contributed by atoms with Crippen LogP contribution in [0.5, 0.6) is 0 Å². The van der Waals surface area contributed by atoms with Gasteiger partial charge in [-0.1, -0.05) is 62.4 Å². The molecule has 0 radical (unpaired) electrons. The summed E-state index contributed by atoms with van der Waals surface area (Å²) in [6, 6.07) is 17.3. The minimum Gasteiger partial charge on any atom is -0.465 e. The summed E-state index contributed by atoms with van der Waals surface area (Å²) in [6.07, 6.45) is 0.296. The summed E-state index contributed by atoms with van der Waals surface area (Å²) in [7, 11) is 0. The molecule has 1 aliphatic rings. The highest BCUT2D eigenvalue weighted by Crippen LogP contribution is 2.44. The first kappa shape index (κ1) is 21.1. The Bertz CT molecular complexity index is 848. The number of carbonyl (C=O) groups is 2. The van der Waals surface area contributed by atoms with Gasteiger partial charge in [-0.3, -0.25) is 9.59 Å². The van der Waals surface area contributed by atoms with Gasteiger partial charge in [0.05, 0.1) is 6.61 Å². The average Bonchev–Trinajstić information content (AvgIpc) is 2.99. The maximum atomic E-state index is 13.8. The standard InChI is InChI=1S/C24H30N2O3/c1-4-25(5-2)16-17-26-21-15-11-10-14-20(21)24(22(26)27,23(28)29-6-3)18-19-12-8-7-9-13-19/h7-15H,4-6,16-18H2,1-3H3/t24-/m1/s1. The maximum Gasteiger partial charge on any atom is 0.326 e. The zero-order chi connectivity index (χ0) is 20.9. The summed E-state index contributed by atoms with van der Waals surface area (Å²) in [4.78, 5) is 31.1. The Labute approximate surface area is 173 Å². The molecule has 3 rings (SSSR count). The van der Waals surface area contributed by atoms with E-state index >= 15 is 0 Å². The molecule has 0 N–H and O–H groups in total. The summed E-state index contributed by atoms with van der Waals surface area (Å²) in [5.74, 6) is -0.653. The lowest BCUT2D eigenvalue weighted by molar-refractivity contribution is -0.153. The van der Waals surface area contributed by atoms with Crippen LogP contribution in [0.25, 0.3) is 0 Å². The van der Waals surface area contributed by atoms with E-state index < -0.39 is 11.4 Å². The molecule has 0 aromatic heterocycles. The van der Waals surface area contributed by atoms with Crippen molar-refractivity contribution in [2.45, 2.75) is 32.6 Å². The molecule has 1 atom stereocenters. The predicted octanol–water partition coefficient (Wildman–Crippen LogP) is 3.42. The molecule has 1 amide bonds. The van der Waals surface area contributed by atoms with Gasteiger partial charge < -0.3 is 14.5 Å². The Hall–Kier alpha value is -2.66. The minimum absolute atomic E-state index is 0.187. The number of fused-ring (bicyclic) bond motifs is 1. The van der Waals surface area contributed by atoms with Crippen molar-refractivity contribution < 1.29 is 14.3 Å². The third-order valence-electron chi connectivity index (χ3n) is 5.74.